The van der Waals surface area contributed by atoms with Crippen molar-refractivity contribution in [2.45, 2.75) is 19.4 Å². The molecular weight excluding hydrogens is 456 g/mol. The smallest absolute Gasteiger partial charge is 0.256 e. The van der Waals surface area contributed by atoms with Gasteiger partial charge in [-0.05, 0) is 50.2 Å². The Morgan fingerprint density at radius 3 is 2.58 bits per heavy atom. The summed E-state index contributed by atoms with van der Waals surface area (Å²) in [5, 5.41) is 22.7. The van der Waals surface area contributed by atoms with Crippen LogP contribution >= 0.6 is 0 Å². The number of hydrogen-bond donors (Lipinski definition) is 5. The van der Waals surface area contributed by atoms with Gasteiger partial charge in [0.25, 0.3) is 5.91 Å². The molecule has 36 heavy (non-hydrogen) atoms. The fourth-order valence-corrected chi connectivity index (χ4v) is 3.74. The van der Waals surface area contributed by atoms with E-state index in [2.05, 4.69) is 59.8 Å². The predicted octanol–water partition coefficient (Wildman–Crippen LogP) is 2.91. The molecule has 0 atom stereocenters. The molecule has 10 nitrogen and oxygen atoms in total. The number of nitrogens with one attached hydrogen (secondary N) is 4. The third kappa shape index (κ3) is 6.35. The van der Waals surface area contributed by atoms with Gasteiger partial charge in [-0.2, -0.15) is 4.98 Å². The number of piperazine rings is 1. The highest BCUT2D eigenvalue weighted by Crippen LogP contribution is 2.24. The maximum Gasteiger partial charge on any atom is 0.256 e. The summed E-state index contributed by atoms with van der Waals surface area (Å²) in [7, 11) is 0. The van der Waals surface area contributed by atoms with Gasteiger partial charge in [-0.25, -0.2) is 9.97 Å². The molecule has 0 aliphatic carbocycles. The largest absolute Gasteiger partial charge is 0.384 e. The molecule has 10 heteroatoms. The van der Waals surface area contributed by atoms with Crippen LogP contribution in [0.5, 0.6) is 0 Å². The van der Waals surface area contributed by atoms with E-state index in [1.54, 1.807) is 38.1 Å². The molecule has 3 heterocycles. The lowest BCUT2D eigenvalue weighted by Crippen LogP contribution is -2.43. The molecule has 188 valence electrons. The van der Waals surface area contributed by atoms with Crippen molar-refractivity contribution in [3.05, 3.63) is 72.6 Å². The number of aliphatic hydroxyl groups is 1. The van der Waals surface area contributed by atoms with Crippen LogP contribution in [0.15, 0.2) is 61.3 Å². The summed E-state index contributed by atoms with van der Waals surface area (Å²) in [4.78, 5) is 28.4. The van der Waals surface area contributed by atoms with Crippen LogP contribution in [0, 0.1) is 0 Å². The van der Waals surface area contributed by atoms with Gasteiger partial charge in [-0.1, -0.05) is 12.1 Å². The first-order valence-electron chi connectivity index (χ1n) is 11.9. The maximum absolute atomic E-state index is 12.7. The zero-order valence-electron chi connectivity index (χ0n) is 20.6. The highest BCUT2D eigenvalue weighted by molar-refractivity contribution is 5.99. The number of carbonyl (C=O) groups is 1. The average Bonchev–Trinajstić information content (AvgIpc) is 2.88. The highest BCUT2D eigenvalue weighted by atomic mass is 16.3. The van der Waals surface area contributed by atoms with Crippen molar-refractivity contribution >= 4 is 34.9 Å². The van der Waals surface area contributed by atoms with Crippen LogP contribution in [0.1, 0.15) is 29.9 Å². The minimum Gasteiger partial charge on any atom is -0.384 e. The van der Waals surface area contributed by atoms with E-state index in [-0.39, 0.29) is 17.3 Å². The van der Waals surface area contributed by atoms with E-state index in [0.29, 0.717) is 24.0 Å². The number of hydrogen-bond acceptors (Lipinski definition) is 9. The van der Waals surface area contributed by atoms with Gasteiger partial charge in [0.05, 0.1) is 5.69 Å². The number of pyridine rings is 1. The second-order valence-electron chi connectivity index (χ2n) is 8.96. The third-order valence-electron chi connectivity index (χ3n) is 5.67. The fourth-order valence-electron chi connectivity index (χ4n) is 3.74. The molecule has 1 fully saturated rings. The van der Waals surface area contributed by atoms with Crippen molar-refractivity contribution in [3.63, 3.8) is 0 Å². The second kappa shape index (κ2) is 11.1. The van der Waals surface area contributed by atoms with Crippen molar-refractivity contribution in [3.8, 4) is 0 Å². The first-order chi connectivity index (χ1) is 17.3. The van der Waals surface area contributed by atoms with Gasteiger partial charge >= 0.3 is 0 Å². The lowest BCUT2D eigenvalue weighted by molar-refractivity contribution is 0.0740. The molecule has 0 radical (unpaired) electrons. The summed E-state index contributed by atoms with van der Waals surface area (Å²) >= 11 is 0. The molecule has 1 amide bonds. The van der Waals surface area contributed by atoms with Crippen LogP contribution in [0.25, 0.3) is 0 Å². The molecule has 1 aliphatic heterocycles. The van der Waals surface area contributed by atoms with Crippen molar-refractivity contribution in [2.24, 2.45) is 0 Å². The average molecular weight is 489 g/mol. The Labute approximate surface area is 210 Å². The third-order valence-corrected chi connectivity index (χ3v) is 5.67. The van der Waals surface area contributed by atoms with E-state index in [0.717, 1.165) is 37.6 Å². The Morgan fingerprint density at radius 1 is 1.14 bits per heavy atom. The number of rotatable bonds is 9. The zero-order valence-corrected chi connectivity index (χ0v) is 20.6. The highest BCUT2D eigenvalue weighted by Gasteiger charge is 2.20. The topological polar surface area (TPSA) is 127 Å². The fraction of sp³-hybridized carbons (Fsp3) is 0.308. The van der Waals surface area contributed by atoms with Gasteiger partial charge in [0.1, 0.15) is 22.8 Å². The second-order valence-corrected chi connectivity index (χ2v) is 8.96. The number of aromatic nitrogens is 3. The standard InChI is InChI=1S/C26H32N8O2/c1-4-12-28-24(35)20-17-29-25(30-18-8-10-19(11-9-18)34-15-13-27-14-16-34)33-23(20)32-22-7-5-6-21(31-22)26(2,3)36/h4-11,17,27,36H,1,12-16H2,2-3H3,(H,28,35)(H2,29,30,31,32,33). The Morgan fingerprint density at radius 2 is 1.89 bits per heavy atom. The molecule has 0 unspecified atom stereocenters. The van der Waals surface area contributed by atoms with Gasteiger partial charge in [0.2, 0.25) is 5.95 Å². The quantitative estimate of drug-likeness (QED) is 0.289. The number of anilines is 5. The summed E-state index contributed by atoms with van der Waals surface area (Å²) < 4.78 is 0. The number of amides is 1. The van der Waals surface area contributed by atoms with Gasteiger partial charge < -0.3 is 31.3 Å². The zero-order chi connectivity index (χ0) is 25.5. The molecule has 1 aromatic carbocycles. The van der Waals surface area contributed by atoms with E-state index < -0.39 is 5.60 Å². The SMILES string of the molecule is C=CCNC(=O)c1cnc(Nc2ccc(N3CCNCC3)cc2)nc1Nc1cccc(C(C)(C)O)n1. The molecule has 3 aromatic rings. The molecule has 1 aliphatic rings. The molecule has 5 N–H and O–H groups in total. The first kappa shape index (κ1) is 25.1. The molecule has 4 rings (SSSR count). The van der Waals surface area contributed by atoms with E-state index in [9.17, 15) is 9.90 Å². The molecule has 0 spiro atoms. The van der Waals surface area contributed by atoms with Crippen LogP contribution in [0.2, 0.25) is 0 Å². The van der Waals surface area contributed by atoms with Crippen LogP contribution in [-0.2, 0) is 5.60 Å². The van der Waals surface area contributed by atoms with Gasteiger partial charge in [-0.15, -0.1) is 6.58 Å². The molecular formula is C26H32N8O2. The monoisotopic (exact) mass is 488 g/mol. The Kier molecular flexibility index (Phi) is 7.77. The van der Waals surface area contributed by atoms with Crippen molar-refractivity contribution in [2.75, 3.05) is 48.3 Å². The lowest BCUT2D eigenvalue weighted by Gasteiger charge is -2.29. The predicted molar refractivity (Wildman–Crippen MR) is 142 cm³/mol. The summed E-state index contributed by atoms with van der Waals surface area (Å²) in [6.07, 6.45) is 3.06. The summed E-state index contributed by atoms with van der Waals surface area (Å²) in [6.45, 7) is 11.2. The Bertz CT molecular complexity index is 1200. The molecule has 0 saturated carbocycles. The van der Waals surface area contributed by atoms with Crippen LogP contribution in [-0.4, -0.2) is 58.7 Å². The maximum atomic E-state index is 12.7. The minimum absolute atomic E-state index is 0.256. The normalized spacial score (nSPS) is 13.7. The summed E-state index contributed by atoms with van der Waals surface area (Å²) in [6, 6.07) is 13.3. The molecule has 1 saturated heterocycles. The van der Waals surface area contributed by atoms with Gasteiger partial charge in [0, 0.05) is 50.3 Å². The molecule has 2 aromatic heterocycles. The Balaban J connectivity index is 1.58. The van der Waals surface area contributed by atoms with Crippen molar-refractivity contribution in [1.82, 2.24) is 25.6 Å². The molecule has 0 bridgehead atoms. The number of nitrogens with zero attached hydrogens (tertiary/aromatic N) is 4. The minimum atomic E-state index is -1.11. The van der Waals surface area contributed by atoms with E-state index in [1.165, 1.54) is 6.20 Å². The van der Waals surface area contributed by atoms with E-state index in [1.807, 2.05) is 12.1 Å². The van der Waals surface area contributed by atoms with Crippen LogP contribution < -0.4 is 26.2 Å². The van der Waals surface area contributed by atoms with E-state index in [4.69, 9.17) is 0 Å². The Hall–Kier alpha value is -4.02. The van der Waals surface area contributed by atoms with Gasteiger partial charge in [-0.3, -0.25) is 4.79 Å². The van der Waals surface area contributed by atoms with Crippen LogP contribution in [0.4, 0.5) is 29.0 Å². The van der Waals surface area contributed by atoms with Gasteiger partial charge in [0.15, 0.2) is 0 Å². The number of benzene rings is 1. The van der Waals surface area contributed by atoms with Crippen molar-refractivity contribution in [1.29, 1.82) is 0 Å². The number of carbonyl (C=O) groups excluding carboxylic acids is 1. The summed E-state index contributed by atoms with van der Waals surface area (Å²) in [5.74, 6) is 0.707. The first-order valence-corrected chi connectivity index (χ1v) is 11.9. The van der Waals surface area contributed by atoms with E-state index >= 15 is 0 Å². The van der Waals surface area contributed by atoms with Crippen LogP contribution in [0.3, 0.4) is 0 Å². The lowest BCUT2D eigenvalue weighted by atomic mass is 10.1. The summed E-state index contributed by atoms with van der Waals surface area (Å²) in [5.41, 5.74) is 1.62. The van der Waals surface area contributed by atoms with Crippen molar-refractivity contribution < 1.29 is 9.90 Å².